The van der Waals surface area contributed by atoms with Gasteiger partial charge in [0.15, 0.2) is 17.2 Å². The highest BCUT2D eigenvalue weighted by molar-refractivity contribution is 7.86. The Hall–Kier alpha value is -7.01. The first-order chi connectivity index (χ1) is 25.1. The van der Waals surface area contributed by atoms with Gasteiger partial charge in [0, 0.05) is 12.1 Å². The van der Waals surface area contributed by atoms with Crippen molar-refractivity contribution in [1.29, 1.82) is 0 Å². The van der Waals surface area contributed by atoms with E-state index in [2.05, 4.69) is 35.8 Å². The van der Waals surface area contributed by atoms with Gasteiger partial charge in [0.1, 0.15) is 26.9 Å². The zero-order valence-electron chi connectivity index (χ0n) is 26.3. The number of phenols is 2. The zero-order chi connectivity index (χ0) is 38.1. The largest absolute Gasteiger partial charge is 0.505 e. The van der Waals surface area contributed by atoms with Crippen molar-refractivity contribution in [3.8, 4) is 23.1 Å². The van der Waals surface area contributed by atoms with Crippen LogP contribution in [-0.4, -0.2) is 56.0 Å². The number of nitrogens with zero attached hydrogens (tertiary/aromatic N) is 9. The Kier molecular flexibility index (Phi) is 9.43. The smallest absolute Gasteiger partial charge is 0.296 e. The van der Waals surface area contributed by atoms with Gasteiger partial charge in [-0.1, -0.05) is 24.3 Å². The van der Waals surface area contributed by atoms with Gasteiger partial charge >= 0.3 is 0 Å². The van der Waals surface area contributed by atoms with Crippen LogP contribution in [0.15, 0.2) is 138 Å². The molecule has 53 heavy (non-hydrogen) atoms. The van der Waals surface area contributed by atoms with Gasteiger partial charge in [-0.15, -0.1) is 20.5 Å². The molecule has 1 aromatic heterocycles. The summed E-state index contributed by atoms with van der Waals surface area (Å²) in [5.41, 5.74) is -1.47. The summed E-state index contributed by atoms with van der Waals surface area (Å²) in [4.78, 5) is 8.60. The summed E-state index contributed by atoms with van der Waals surface area (Å²) in [5.74, 6) is -2.10. The Morgan fingerprint density at radius 2 is 1.25 bits per heavy atom. The third-order valence-electron chi connectivity index (χ3n) is 7.26. The van der Waals surface area contributed by atoms with Gasteiger partial charge in [-0.25, -0.2) is 0 Å². The molecule has 0 aliphatic rings. The molecule has 0 saturated carbocycles. The predicted molar refractivity (Wildman–Crippen MR) is 184 cm³/mol. The summed E-state index contributed by atoms with van der Waals surface area (Å²) >= 11 is 0. The predicted octanol–water partition coefficient (Wildman–Crippen LogP) is 7.79. The highest BCUT2D eigenvalue weighted by atomic mass is 32.2. The second-order valence-corrected chi connectivity index (χ2v) is 13.5. The molecule has 6 aromatic rings. The van der Waals surface area contributed by atoms with E-state index in [1.54, 1.807) is 30.3 Å². The molecule has 0 amide bonds. The number of para-hydroxylation sites is 1. The fourth-order valence-electron chi connectivity index (χ4n) is 4.77. The molecule has 268 valence electrons. The molecule has 6 rings (SSSR count). The number of benzene rings is 5. The molecule has 0 unspecified atom stereocenters. The van der Waals surface area contributed by atoms with Crippen molar-refractivity contribution in [2.75, 3.05) is 0 Å². The maximum atomic E-state index is 12.3. The quantitative estimate of drug-likeness (QED) is 0.0387. The molecule has 0 aliphatic heterocycles. The summed E-state index contributed by atoms with van der Waals surface area (Å²) in [6.45, 7) is 0. The number of aromatic nitrogens is 2. The van der Waals surface area contributed by atoms with Crippen LogP contribution in [0.3, 0.4) is 0 Å². The van der Waals surface area contributed by atoms with Crippen LogP contribution in [0.4, 0.5) is 39.8 Å². The lowest BCUT2D eigenvalue weighted by atomic mass is 10.1. The van der Waals surface area contributed by atoms with E-state index in [1.165, 1.54) is 35.1 Å². The topological polar surface area (TPSA) is 305 Å². The third-order valence-corrected chi connectivity index (χ3v) is 9.01. The van der Waals surface area contributed by atoms with Gasteiger partial charge in [0.05, 0.1) is 33.6 Å². The normalized spacial score (nSPS) is 12.4. The second-order valence-electron chi connectivity index (χ2n) is 10.7. The number of non-ortho nitro benzene ring substituents is 1. The number of rotatable bonds is 10. The van der Waals surface area contributed by atoms with E-state index in [-0.39, 0.29) is 39.7 Å². The van der Waals surface area contributed by atoms with E-state index in [4.69, 9.17) is 0 Å². The van der Waals surface area contributed by atoms with Crippen LogP contribution in [0.2, 0.25) is 0 Å². The first-order valence-electron chi connectivity index (χ1n) is 14.5. The van der Waals surface area contributed by atoms with Crippen molar-refractivity contribution >= 4 is 70.8 Å². The number of nitro benzene ring substituents is 1. The van der Waals surface area contributed by atoms with Crippen molar-refractivity contribution in [3.05, 3.63) is 107 Å². The average Bonchev–Trinajstić information content (AvgIpc) is 3.49. The summed E-state index contributed by atoms with van der Waals surface area (Å²) in [6.07, 6.45) is 1.22. The maximum Gasteiger partial charge on any atom is 0.296 e. The Bertz CT molecular complexity index is 2740. The molecule has 20 nitrogen and oxygen atoms in total. The minimum absolute atomic E-state index is 0.00241. The van der Waals surface area contributed by atoms with Crippen LogP contribution in [0.5, 0.6) is 17.4 Å². The molecule has 0 bridgehead atoms. The Labute approximate surface area is 297 Å². The van der Waals surface area contributed by atoms with Crippen LogP contribution in [0.25, 0.3) is 16.5 Å². The lowest BCUT2D eigenvalue weighted by Crippen LogP contribution is -1.99. The van der Waals surface area contributed by atoms with E-state index < -0.39 is 63.2 Å². The van der Waals surface area contributed by atoms with Crippen molar-refractivity contribution in [1.82, 2.24) is 9.78 Å². The first-order valence-corrected chi connectivity index (χ1v) is 17.4. The zero-order valence-corrected chi connectivity index (χ0v) is 27.9. The van der Waals surface area contributed by atoms with Crippen LogP contribution in [-0.2, 0) is 20.2 Å². The van der Waals surface area contributed by atoms with E-state index >= 15 is 0 Å². The summed E-state index contributed by atoms with van der Waals surface area (Å²) in [6, 6.07) is 19.7. The number of nitro groups is 1. The number of hydrogen-bond acceptors (Lipinski definition) is 16. The molecule has 5 N–H and O–H groups in total. The number of fused-ring (bicyclic) bond motifs is 1. The van der Waals surface area contributed by atoms with Crippen LogP contribution in [0, 0.1) is 10.1 Å². The Morgan fingerprint density at radius 3 is 1.91 bits per heavy atom. The molecule has 0 saturated heterocycles. The van der Waals surface area contributed by atoms with Crippen molar-refractivity contribution in [3.63, 3.8) is 0 Å². The first kappa shape index (κ1) is 35.8. The fourth-order valence-corrected chi connectivity index (χ4v) is 6.07. The molecular weight excluding hydrogens is 739 g/mol. The van der Waals surface area contributed by atoms with E-state index in [1.807, 2.05) is 0 Å². The minimum Gasteiger partial charge on any atom is -0.505 e. The molecule has 1 heterocycles. The van der Waals surface area contributed by atoms with Crippen molar-refractivity contribution < 1.29 is 46.2 Å². The Morgan fingerprint density at radius 1 is 0.642 bits per heavy atom. The molecule has 0 fully saturated rings. The fraction of sp³-hybridized carbons (Fsp3) is 0. The SMILES string of the molecule is O=[N+]([O-])c1ccc(N=Nc2c(S(=O)(=O)O)cc3ccc(N=Nc4ccc(N=Nc5cnn(-c6ccccc6)c5O)cc4S(=O)(=O)O)c(O)c3c2O)cc1. The van der Waals surface area contributed by atoms with E-state index in [9.17, 15) is 51.4 Å². The number of azo groups is 3. The van der Waals surface area contributed by atoms with Crippen LogP contribution in [0.1, 0.15) is 0 Å². The highest BCUT2D eigenvalue weighted by Gasteiger charge is 2.25. The molecule has 0 atom stereocenters. The summed E-state index contributed by atoms with van der Waals surface area (Å²) < 4.78 is 69.9. The minimum atomic E-state index is -5.03. The number of hydrogen-bond donors (Lipinski definition) is 5. The van der Waals surface area contributed by atoms with Crippen molar-refractivity contribution in [2.45, 2.75) is 9.79 Å². The Balaban J connectivity index is 1.34. The summed E-state index contributed by atoms with van der Waals surface area (Å²) in [7, 11) is -9.99. The van der Waals surface area contributed by atoms with Crippen LogP contribution >= 0.6 is 0 Å². The highest BCUT2D eigenvalue weighted by Crippen LogP contribution is 2.48. The number of phenolic OH excluding ortho intramolecular Hbond substituents is 2. The van der Waals surface area contributed by atoms with E-state index in [0.717, 1.165) is 36.4 Å². The lowest BCUT2D eigenvalue weighted by molar-refractivity contribution is -0.384. The molecule has 0 aliphatic carbocycles. The molecular formula is C31H21N9O11S2. The van der Waals surface area contributed by atoms with Gasteiger partial charge in [0.2, 0.25) is 5.88 Å². The van der Waals surface area contributed by atoms with E-state index in [0.29, 0.717) is 5.69 Å². The van der Waals surface area contributed by atoms with Crippen molar-refractivity contribution in [2.24, 2.45) is 30.7 Å². The average molecular weight is 760 g/mol. The van der Waals surface area contributed by atoms with Gasteiger partial charge in [-0.2, -0.15) is 36.8 Å². The lowest BCUT2D eigenvalue weighted by Gasteiger charge is -2.11. The van der Waals surface area contributed by atoms with Gasteiger partial charge in [-0.3, -0.25) is 19.2 Å². The molecule has 0 radical (unpaired) electrons. The molecule has 22 heteroatoms. The number of aromatic hydroxyl groups is 3. The standard InChI is InChI=1S/C31H21N9O11S2/c41-29-23(12-6-17-14-26(53(49,50)51)28(30(42)27(17)29)38-33-18-7-10-21(11-8-18)40(44)45)36-35-22-13-9-19(15-25(22)52(46,47)48)34-37-24-16-32-39(31(24)43)20-4-2-1-3-5-20/h1-16,41-43H,(H,46,47,48)(H,49,50,51). The third kappa shape index (κ3) is 7.54. The maximum absolute atomic E-state index is 12.3. The summed E-state index contributed by atoms with van der Waals surface area (Å²) in [5, 5.41) is 70.0. The van der Waals surface area contributed by atoms with Gasteiger partial charge in [0.25, 0.3) is 25.9 Å². The molecule has 5 aromatic carbocycles. The second kappa shape index (κ2) is 14.0. The van der Waals surface area contributed by atoms with Gasteiger partial charge < -0.3 is 15.3 Å². The van der Waals surface area contributed by atoms with Gasteiger partial charge in [-0.05, 0) is 60.0 Å². The molecule has 0 spiro atoms. The monoisotopic (exact) mass is 759 g/mol. The van der Waals surface area contributed by atoms with Crippen LogP contribution < -0.4 is 0 Å².